The number of alkyl carbamates (subject to hydrolysis) is 1. The van der Waals surface area contributed by atoms with E-state index in [4.69, 9.17) is 4.74 Å². The Kier molecular flexibility index (Phi) is 6.48. The molecular formula is C23H26F3N3O3. The van der Waals surface area contributed by atoms with Crippen molar-refractivity contribution in [3.05, 3.63) is 59.3 Å². The third-order valence-corrected chi connectivity index (χ3v) is 5.05. The normalized spacial score (nSPS) is 15.7. The van der Waals surface area contributed by atoms with E-state index in [0.29, 0.717) is 12.0 Å². The summed E-state index contributed by atoms with van der Waals surface area (Å²) >= 11 is 0. The summed E-state index contributed by atoms with van der Waals surface area (Å²) in [6.45, 7) is 6.69. The van der Waals surface area contributed by atoms with E-state index in [1.807, 2.05) is 0 Å². The molecule has 1 aliphatic rings. The Bertz CT molecular complexity index is 984. The van der Waals surface area contributed by atoms with Crippen LogP contribution in [0.1, 0.15) is 43.5 Å². The Hall–Kier alpha value is -3.10. The van der Waals surface area contributed by atoms with Crippen LogP contribution in [0.15, 0.2) is 42.6 Å². The minimum atomic E-state index is -4.93. The number of ether oxygens (including phenoxy) is 1. The smallest absolute Gasteiger partial charge is 0.408 e. The zero-order valence-electron chi connectivity index (χ0n) is 18.4. The summed E-state index contributed by atoms with van der Waals surface area (Å²) < 4.78 is 48.2. The second-order valence-corrected chi connectivity index (χ2v) is 8.78. The lowest BCUT2D eigenvalue weighted by atomic mass is 9.90. The maximum atomic E-state index is 14.3. The average Bonchev–Trinajstić information content (AvgIpc) is 3.09. The molecule has 9 heteroatoms. The van der Waals surface area contributed by atoms with Gasteiger partial charge in [0.25, 0.3) is 0 Å². The average molecular weight is 449 g/mol. The van der Waals surface area contributed by atoms with Gasteiger partial charge in [-0.25, -0.2) is 9.78 Å². The quantitative estimate of drug-likeness (QED) is 0.733. The van der Waals surface area contributed by atoms with E-state index in [9.17, 15) is 22.8 Å². The predicted molar refractivity (Wildman–Crippen MR) is 113 cm³/mol. The fourth-order valence-corrected chi connectivity index (χ4v) is 3.63. The van der Waals surface area contributed by atoms with Gasteiger partial charge in [-0.05, 0) is 51.3 Å². The van der Waals surface area contributed by atoms with Gasteiger partial charge in [0.1, 0.15) is 11.4 Å². The van der Waals surface area contributed by atoms with Crippen molar-refractivity contribution in [2.75, 3.05) is 11.4 Å². The number of carbonyl (C=O) groups is 2. The Labute approximate surface area is 184 Å². The maximum Gasteiger partial charge on any atom is 0.408 e. The molecule has 1 aliphatic heterocycles. The summed E-state index contributed by atoms with van der Waals surface area (Å²) in [5, 5.41) is 2.30. The predicted octanol–water partition coefficient (Wildman–Crippen LogP) is 4.72. The van der Waals surface area contributed by atoms with Crippen molar-refractivity contribution in [1.82, 2.24) is 10.3 Å². The molecule has 0 spiro atoms. The first kappa shape index (κ1) is 23.6. The molecule has 1 N–H and O–H groups in total. The largest absolute Gasteiger partial charge is 0.444 e. The Morgan fingerprint density at radius 2 is 1.78 bits per heavy atom. The lowest BCUT2D eigenvalue weighted by Gasteiger charge is -2.32. The summed E-state index contributed by atoms with van der Waals surface area (Å²) in [5.41, 5.74) is 0.765. The molecule has 0 radical (unpaired) electrons. The van der Waals surface area contributed by atoms with E-state index in [1.165, 1.54) is 18.3 Å². The highest BCUT2D eigenvalue weighted by Crippen LogP contribution is 2.40. The molecule has 2 heterocycles. The number of aryl methyl sites for hydroxylation is 1. The van der Waals surface area contributed by atoms with Gasteiger partial charge in [-0.2, -0.15) is 13.2 Å². The number of fused-ring (bicyclic) bond motifs is 1. The number of anilines is 1. The highest BCUT2D eigenvalue weighted by Gasteiger charge is 2.53. The first-order valence-corrected chi connectivity index (χ1v) is 10.2. The molecule has 2 aromatic rings. The molecule has 0 bridgehead atoms. The third-order valence-electron chi connectivity index (χ3n) is 5.05. The lowest BCUT2D eigenvalue weighted by molar-refractivity contribution is -0.187. The number of benzene rings is 1. The molecule has 172 valence electrons. The van der Waals surface area contributed by atoms with E-state index in [1.54, 1.807) is 52.0 Å². The van der Waals surface area contributed by atoms with Crippen LogP contribution in [-0.4, -0.2) is 35.3 Å². The number of alkyl halides is 3. The minimum absolute atomic E-state index is 0.0881. The second-order valence-electron chi connectivity index (χ2n) is 8.78. The zero-order valence-corrected chi connectivity index (χ0v) is 18.4. The summed E-state index contributed by atoms with van der Waals surface area (Å²) in [7, 11) is 0. The van der Waals surface area contributed by atoms with Gasteiger partial charge in [-0.3, -0.25) is 9.69 Å². The lowest BCUT2D eigenvalue weighted by Crippen LogP contribution is -2.50. The maximum absolute atomic E-state index is 14.3. The number of nitrogens with zero attached hydrogens (tertiary/aromatic N) is 2. The van der Waals surface area contributed by atoms with Crippen molar-refractivity contribution >= 4 is 17.8 Å². The molecule has 6 nitrogen and oxygen atoms in total. The number of hydrogen-bond donors (Lipinski definition) is 1. The van der Waals surface area contributed by atoms with Crippen LogP contribution in [0.25, 0.3) is 0 Å². The zero-order chi connectivity index (χ0) is 23.7. The Morgan fingerprint density at radius 1 is 1.12 bits per heavy atom. The number of carbonyl (C=O) groups excluding carboxylic acids is 2. The van der Waals surface area contributed by atoms with Gasteiger partial charge in [0.15, 0.2) is 5.92 Å². The highest BCUT2D eigenvalue weighted by atomic mass is 19.4. The van der Waals surface area contributed by atoms with Crippen LogP contribution in [-0.2, 0) is 16.0 Å². The molecule has 0 saturated carbocycles. The fraction of sp³-hybridized carbons (Fsp3) is 0.435. The van der Waals surface area contributed by atoms with Crippen molar-refractivity contribution < 1.29 is 27.5 Å². The van der Waals surface area contributed by atoms with E-state index < -0.39 is 35.7 Å². The van der Waals surface area contributed by atoms with Gasteiger partial charge in [0.05, 0.1) is 6.04 Å². The number of rotatable bonds is 4. The first-order valence-electron chi connectivity index (χ1n) is 10.2. The van der Waals surface area contributed by atoms with Gasteiger partial charge in [0, 0.05) is 12.7 Å². The molecule has 0 fully saturated rings. The molecule has 2 amide bonds. The standard InChI is InChI=1S/C23H26F3N3O3/c1-14-7-9-15(10-8-14)18(28-21(31)32-22(2,3)4)17(23(24,25)26)20(30)29-13-11-16-6-5-12-27-19(16)29/h5-10,12,17-18H,11,13H2,1-4H3,(H,28,31)/t17-,18+/m0/s1. The molecule has 0 unspecified atom stereocenters. The van der Waals surface area contributed by atoms with E-state index >= 15 is 0 Å². The first-order chi connectivity index (χ1) is 14.9. The summed E-state index contributed by atoms with van der Waals surface area (Å²) in [6.07, 6.45) is -4.12. The molecule has 1 aromatic carbocycles. The summed E-state index contributed by atoms with van der Waals surface area (Å²) in [6, 6.07) is 7.93. The topological polar surface area (TPSA) is 71.5 Å². The molecule has 32 heavy (non-hydrogen) atoms. The van der Waals surface area contributed by atoms with Crippen LogP contribution >= 0.6 is 0 Å². The van der Waals surface area contributed by atoms with Crippen molar-refractivity contribution in [3.63, 3.8) is 0 Å². The highest BCUT2D eigenvalue weighted by molar-refractivity contribution is 5.97. The molecule has 1 aromatic heterocycles. The Balaban J connectivity index is 2.02. The van der Waals surface area contributed by atoms with Gasteiger partial charge in [-0.1, -0.05) is 35.9 Å². The van der Waals surface area contributed by atoms with E-state index in [0.717, 1.165) is 10.5 Å². The van der Waals surface area contributed by atoms with Crippen LogP contribution in [0.3, 0.4) is 0 Å². The number of aromatic nitrogens is 1. The summed E-state index contributed by atoms with van der Waals surface area (Å²) in [5.74, 6) is -3.48. The van der Waals surface area contributed by atoms with Crippen LogP contribution in [0.4, 0.5) is 23.8 Å². The molecule has 0 saturated heterocycles. The molecule has 0 aliphatic carbocycles. The van der Waals surface area contributed by atoms with Crippen LogP contribution in [0.2, 0.25) is 0 Å². The van der Waals surface area contributed by atoms with Crippen LogP contribution in [0.5, 0.6) is 0 Å². The Morgan fingerprint density at radius 3 is 2.38 bits per heavy atom. The number of nitrogens with one attached hydrogen (secondary N) is 1. The van der Waals surface area contributed by atoms with Crippen LogP contribution < -0.4 is 10.2 Å². The second kappa shape index (κ2) is 8.80. The monoisotopic (exact) mass is 449 g/mol. The van der Waals surface area contributed by atoms with Crippen molar-refractivity contribution in [1.29, 1.82) is 0 Å². The third kappa shape index (κ3) is 5.38. The molecule has 2 atom stereocenters. The van der Waals surface area contributed by atoms with Crippen molar-refractivity contribution in [2.24, 2.45) is 5.92 Å². The van der Waals surface area contributed by atoms with Gasteiger partial charge < -0.3 is 10.1 Å². The summed E-state index contributed by atoms with van der Waals surface area (Å²) in [4.78, 5) is 30.9. The SMILES string of the molecule is Cc1ccc([C@@H](NC(=O)OC(C)(C)C)[C@@H](C(=O)N2CCc3cccnc32)C(F)(F)F)cc1. The van der Waals surface area contributed by atoms with Gasteiger partial charge >= 0.3 is 12.3 Å². The number of pyridine rings is 1. The van der Waals surface area contributed by atoms with Crippen LogP contribution in [0, 0.1) is 12.8 Å². The fourth-order valence-electron chi connectivity index (χ4n) is 3.63. The van der Waals surface area contributed by atoms with Crippen molar-refractivity contribution in [2.45, 2.75) is 51.9 Å². The number of halogens is 3. The van der Waals surface area contributed by atoms with E-state index in [-0.39, 0.29) is 17.9 Å². The number of amides is 2. The minimum Gasteiger partial charge on any atom is -0.444 e. The van der Waals surface area contributed by atoms with Crippen molar-refractivity contribution in [3.8, 4) is 0 Å². The number of hydrogen-bond acceptors (Lipinski definition) is 4. The molecular weight excluding hydrogens is 423 g/mol. The molecule has 3 rings (SSSR count). The van der Waals surface area contributed by atoms with Gasteiger partial charge in [0.2, 0.25) is 5.91 Å². The van der Waals surface area contributed by atoms with Gasteiger partial charge in [-0.15, -0.1) is 0 Å². The van der Waals surface area contributed by atoms with E-state index in [2.05, 4.69) is 10.3 Å².